The van der Waals surface area contributed by atoms with Crippen LogP contribution in [0.3, 0.4) is 0 Å². The van der Waals surface area contributed by atoms with Crippen LogP contribution in [0.4, 0.5) is 5.69 Å². The highest BCUT2D eigenvalue weighted by atomic mass is 35.5. The Balaban J connectivity index is 2.20. The fourth-order valence-corrected chi connectivity index (χ4v) is 2.02. The fraction of sp³-hybridized carbons (Fsp3) is 0.133. The minimum absolute atomic E-state index is 0.144. The number of halogens is 1. The van der Waals surface area contributed by atoms with Gasteiger partial charge in [-0.15, -0.1) is 0 Å². The summed E-state index contributed by atoms with van der Waals surface area (Å²) in [7, 11) is 1.55. The van der Waals surface area contributed by atoms with Crippen LogP contribution in [0, 0.1) is 0 Å². The summed E-state index contributed by atoms with van der Waals surface area (Å²) in [5.74, 6) is 0.256. The van der Waals surface area contributed by atoms with Crippen LogP contribution in [-0.2, 0) is 6.54 Å². The molecule has 2 rings (SSSR count). The van der Waals surface area contributed by atoms with E-state index < -0.39 is 5.91 Å². The monoisotopic (exact) mass is 306 g/mol. The van der Waals surface area contributed by atoms with Crippen LogP contribution < -0.4 is 15.8 Å². The maximum atomic E-state index is 11.2. The Bertz CT molecular complexity index is 674. The zero-order chi connectivity index (χ0) is 15.4. The number of phenols is 1. The first-order valence-corrected chi connectivity index (χ1v) is 6.58. The Morgan fingerprint density at radius 1 is 1.33 bits per heavy atom. The van der Waals surface area contributed by atoms with Crippen molar-refractivity contribution >= 4 is 23.2 Å². The van der Waals surface area contributed by atoms with Crippen molar-refractivity contribution in [1.82, 2.24) is 0 Å². The maximum Gasteiger partial charge on any atom is 0.248 e. The summed E-state index contributed by atoms with van der Waals surface area (Å²) in [6, 6.07) is 9.65. The lowest BCUT2D eigenvalue weighted by Crippen LogP contribution is -2.11. The number of phenolic OH excluding ortho intramolecular Hbond substituents is 1. The number of nitrogens with two attached hydrogens (primary N) is 1. The number of rotatable bonds is 5. The first-order chi connectivity index (χ1) is 10.0. The van der Waals surface area contributed by atoms with E-state index in [0.29, 0.717) is 34.1 Å². The summed E-state index contributed by atoms with van der Waals surface area (Å²) in [6.45, 7) is 0.324. The Kier molecular flexibility index (Phi) is 4.55. The standard InChI is InChI=1S/C15H15ClN2O3/c1-21-11-3-5-14(19)10(6-11)8-18-13-7-9(15(17)20)2-4-12(13)16/h2-7,18-19H,8H2,1H3,(H2,17,20). The highest BCUT2D eigenvalue weighted by Crippen LogP contribution is 2.27. The molecule has 0 heterocycles. The van der Waals surface area contributed by atoms with Crippen LogP contribution in [-0.4, -0.2) is 18.1 Å². The lowest BCUT2D eigenvalue weighted by Gasteiger charge is -2.11. The van der Waals surface area contributed by atoms with Crippen molar-refractivity contribution in [2.45, 2.75) is 6.54 Å². The summed E-state index contributed by atoms with van der Waals surface area (Å²) in [4.78, 5) is 11.2. The van der Waals surface area contributed by atoms with Gasteiger partial charge in [-0.25, -0.2) is 0 Å². The second-order valence-electron chi connectivity index (χ2n) is 4.41. The first kappa shape index (κ1) is 15.0. The third-order valence-electron chi connectivity index (χ3n) is 3.01. The SMILES string of the molecule is COc1ccc(O)c(CNc2cc(C(N)=O)ccc2Cl)c1. The number of anilines is 1. The fourth-order valence-electron chi connectivity index (χ4n) is 1.83. The molecule has 0 atom stereocenters. The third-order valence-corrected chi connectivity index (χ3v) is 3.34. The summed E-state index contributed by atoms with van der Waals surface area (Å²) in [6.07, 6.45) is 0. The number of benzene rings is 2. The van der Waals surface area contributed by atoms with Crippen molar-refractivity contribution in [1.29, 1.82) is 0 Å². The van der Waals surface area contributed by atoms with Crippen molar-refractivity contribution in [2.24, 2.45) is 5.73 Å². The van der Waals surface area contributed by atoms with Crippen molar-refractivity contribution in [3.05, 3.63) is 52.5 Å². The highest BCUT2D eigenvalue weighted by molar-refractivity contribution is 6.33. The third kappa shape index (κ3) is 3.58. The van der Waals surface area contributed by atoms with Gasteiger partial charge in [0, 0.05) is 17.7 Å². The van der Waals surface area contributed by atoms with E-state index in [1.54, 1.807) is 43.5 Å². The molecular weight excluding hydrogens is 292 g/mol. The molecule has 2 aromatic carbocycles. The van der Waals surface area contributed by atoms with Crippen LogP contribution in [0.2, 0.25) is 5.02 Å². The van der Waals surface area contributed by atoms with Gasteiger partial charge in [0.05, 0.1) is 17.8 Å². The average molecular weight is 307 g/mol. The molecule has 21 heavy (non-hydrogen) atoms. The molecule has 0 saturated carbocycles. The van der Waals surface area contributed by atoms with Gasteiger partial charge in [-0.1, -0.05) is 11.6 Å². The van der Waals surface area contributed by atoms with Gasteiger partial charge in [0.2, 0.25) is 5.91 Å². The van der Waals surface area contributed by atoms with E-state index in [9.17, 15) is 9.90 Å². The zero-order valence-corrected chi connectivity index (χ0v) is 12.1. The number of nitrogens with one attached hydrogen (secondary N) is 1. The minimum atomic E-state index is -0.529. The molecule has 0 aliphatic rings. The quantitative estimate of drug-likeness (QED) is 0.793. The predicted molar refractivity (Wildman–Crippen MR) is 82.0 cm³/mol. The molecular formula is C15H15ClN2O3. The molecule has 0 spiro atoms. The number of hydrogen-bond acceptors (Lipinski definition) is 4. The number of primary amides is 1. The average Bonchev–Trinajstić information content (AvgIpc) is 2.47. The summed E-state index contributed by atoms with van der Waals surface area (Å²) in [5, 5.41) is 13.3. The summed E-state index contributed by atoms with van der Waals surface area (Å²) in [5.41, 5.74) is 6.81. The smallest absolute Gasteiger partial charge is 0.248 e. The van der Waals surface area contributed by atoms with Gasteiger partial charge in [0.1, 0.15) is 11.5 Å². The molecule has 0 bridgehead atoms. The molecule has 0 unspecified atom stereocenters. The van der Waals surface area contributed by atoms with E-state index in [1.165, 1.54) is 0 Å². The van der Waals surface area contributed by atoms with Crippen LogP contribution in [0.25, 0.3) is 0 Å². The normalized spacial score (nSPS) is 10.2. The molecule has 0 radical (unpaired) electrons. The number of aromatic hydroxyl groups is 1. The van der Waals surface area contributed by atoms with Crippen molar-refractivity contribution in [3.8, 4) is 11.5 Å². The van der Waals surface area contributed by atoms with Gasteiger partial charge in [0.25, 0.3) is 0 Å². The zero-order valence-electron chi connectivity index (χ0n) is 11.4. The molecule has 0 fully saturated rings. The largest absolute Gasteiger partial charge is 0.508 e. The van der Waals surface area contributed by atoms with E-state index in [-0.39, 0.29) is 5.75 Å². The molecule has 5 nitrogen and oxygen atoms in total. The molecule has 110 valence electrons. The van der Waals surface area contributed by atoms with E-state index in [0.717, 1.165) is 0 Å². The number of hydrogen-bond donors (Lipinski definition) is 3. The van der Waals surface area contributed by atoms with Crippen LogP contribution in [0.1, 0.15) is 15.9 Å². The van der Waals surface area contributed by atoms with Crippen LogP contribution in [0.5, 0.6) is 11.5 Å². The van der Waals surface area contributed by atoms with Gasteiger partial charge < -0.3 is 20.9 Å². The number of carbonyl (C=O) groups excluding carboxylic acids is 1. The topological polar surface area (TPSA) is 84.6 Å². The summed E-state index contributed by atoms with van der Waals surface area (Å²) >= 11 is 6.06. The van der Waals surface area contributed by atoms with Crippen LogP contribution >= 0.6 is 11.6 Å². The second-order valence-corrected chi connectivity index (χ2v) is 4.81. The van der Waals surface area contributed by atoms with Gasteiger partial charge in [0.15, 0.2) is 0 Å². The predicted octanol–water partition coefficient (Wildman–Crippen LogP) is 2.77. The van der Waals surface area contributed by atoms with E-state index >= 15 is 0 Å². The lowest BCUT2D eigenvalue weighted by atomic mass is 10.1. The molecule has 0 aromatic heterocycles. The van der Waals surface area contributed by atoms with Crippen molar-refractivity contribution < 1.29 is 14.6 Å². The number of carbonyl (C=O) groups is 1. The summed E-state index contributed by atoms with van der Waals surface area (Å²) < 4.78 is 5.11. The molecule has 2 aromatic rings. The number of ether oxygens (including phenoxy) is 1. The van der Waals surface area contributed by atoms with E-state index in [1.807, 2.05) is 0 Å². The molecule has 4 N–H and O–H groups in total. The van der Waals surface area contributed by atoms with Crippen LogP contribution in [0.15, 0.2) is 36.4 Å². The van der Waals surface area contributed by atoms with Gasteiger partial charge >= 0.3 is 0 Å². The molecule has 0 aliphatic heterocycles. The van der Waals surface area contributed by atoms with Crippen molar-refractivity contribution in [2.75, 3.05) is 12.4 Å². The highest BCUT2D eigenvalue weighted by Gasteiger charge is 2.08. The Morgan fingerprint density at radius 3 is 2.76 bits per heavy atom. The van der Waals surface area contributed by atoms with E-state index in [2.05, 4.69) is 5.32 Å². The Morgan fingerprint density at radius 2 is 2.10 bits per heavy atom. The Labute approximate surface area is 127 Å². The minimum Gasteiger partial charge on any atom is -0.508 e. The maximum absolute atomic E-state index is 11.2. The number of methoxy groups -OCH3 is 1. The van der Waals surface area contributed by atoms with Crippen molar-refractivity contribution in [3.63, 3.8) is 0 Å². The first-order valence-electron chi connectivity index (χ1n) is 6.20. The molecule has 6 heteroatoms. The second kappa shape index (κ2) is 6.37. The molecule has 0 saturated heterocycles. The molecule has 0 aliphatic carbocycles. The van der Waals surface area contributed by atoms with Gasteiger partial charge in [-0.2, -0.15) is 0 Å². The molecule has 1 amide bonds. The Hall–Kier alpha value is -2.40. The lowest BCUT2D eigenvalue weighted by molar-refractivity contribution is 0.100. The number of amides is 1. The van der Waals surface area contributed by atoms with Gasteiger partial charge in [-0.3, -0.25) is 4.79 Å². The van der Waals surface area contributed by atoms with Gasteiger partial charge in [-0.05, 0) is 36.4 Å². The van der Waals surface area contributed by atoms with E-state index in [4.69, 9.17) is 22.1 Å².